The number of benzene rings is 4. The number of nitrogens with zero attached hydrogens (tertiary/aromatic N) is 2. The third kappa shape index (κ3) is 8.16. The van der Waals surface area contributed by atoms with Crippen molar-refractivity contribution >= 4 is 50.7 Å². The number of para-hydroxylation sites is 2. The van der Waals surface area contributed by atoms with Crippen LogP contribution in [0.2, 0.25) is 10.0 Å². The standard InChI is InChI=1S/C34H35Cl2N3O5S/c1-4-37-34(41)31(21-25-11-6-5-7-12-25)38(22-27-28(35)13-10-14-29(27)36)33(40)23-39(30-15-8-9-16-32(30)44-3)45(42,43)26-19-17-24(2)18-20-26/h5-20,31H,4,21-23H2,1-3H3,(H,37,41). The number of amides is 2. The van der Waals surface area contributed by atoms with Crippen molar-refractivity contribution in [1.82, 2.24) is 10.2 Å². The third-order valence-electron chi connectivity index (χ3n) is 7.25. The number of carbonyl (C=O) groups is 2. The summed E-state index contributed by atoms with van der Waals surface area (Å²) >= 11 is 13.1. The van der Waals surface area contributed by atoms with Gasteiger partial charge in [0.25, 0.3) is 10.0 Å². The number of nitrogens with one attached hydrogen (secondary N) is 1. The van der Waals surface area contributed by atoms with Gasteiger partial charge in [-0.05, 0) is 55.8 Å². The molecule has 1 atom stereocenters. The van der Waals surface area contributed by atoms with Crippen LogP contribution in [-0.2, 0) is 32.6 Å². The van der Waals surface area contributed by atoms with Crippen LogP contribution < -0.4 is 14.4 Å². The van der Waals surface area contributed by atoms with Crippen molar-refractivity contribution in [2.24, 2.45) is 0 Å². The van der Waals surface area contributed by atoms with Crippen LogP contribution in [0.5, 0.6) is 5.75 Å². The van der Waals surface area contributed by atoms with Crippen LogP contribution in [0.3, 0.4) is 0 Å². The Labute approximate surface area is 274 Å². The van der Waals surface area contributed by atoms with Gasteiger partial charge in [0.1, 0.15) is 18.3 Å². The van der Waals surface area contributed by atoms with E-state index < -0.39 is 34.4 Å². The van der Waals surface area contributed by atoms with Crippen LogP contribution in [0.4, 0.5) is 5.69 Å². The summed E-state index contributed by atoms with van der Waals surface area (Å²) in [5.41, 5.74) is 2.29. The maximum atomic E-state index is 14.5. The zero-order valence-electron chi connectivity index (χ0n) is 25.2. The molecule has 0 radical (unpaired) electrons. The van der Waals surface area contributed by atoms with Gasteiger partial charge in [-0.3, -0.25) is 13.9 Å². The van der Waals surface area contributed by atoms with Crippen molar-refractivity contribution in [3.05, 3.63) is 124 Å². The van der Waals surface area contributed by atoms with Crippen LogP contribution in [0.15, 0.2) is 102 Å². The van der Waals surface area contributed by atoms with E-state index in [1.807, 2.05) is 37.3 Å². The molecule has 0 saturated carbocycles. The van der Waals surface area contributed by atoms with E-state index in [0.29, 0.717) is 22.2 Å². The van der Waals surface area contributed by atoms with Crippen molar-refractivity contribution in [1.29, 1.82) is 0 Å². The molecule has 0 fully saturated rings. The summed E-state index contributed by atoms with van der Waals surface area (Å²) in [6.07, 6.45) is 0.167. The van der Waals surface area contributed by atoms with E-state index in [1.165, 1.54) is 24.1 Å². The molecule has 0 bridgehead atoms. The van der Waals surface area contributed by atoms with Crippen molar-refractivity contribution in [2.75, 3.05) is 24.5 Å². The Morgan fingerprint density at radius 1 is 0.867 bits per heavy atom. The summed E-state index contributed by atoms with van der Waals surface area (Å²) in [7, 11) is -2.86. The van der Waals surface area contributed by atoms with E-state index >= 15 is 0 Å². The van der Waals surface area contributed by atoms with Gasteiger partial charge in [0.15, 0.2) is 0 Å². The highest BCUT2D eigenvalue weighted by Crippen LogP contribution is 2.33. The molecule has 0 aliphatic heterocycles. The number of ether oxygens (including phenoxy) is 1. The fourth-order valence-electron chi connectivity index (χ4n) is 4.89. The van der Waals surface area contributed by atoms with E-state index in [1.54, 1.807) is 61.5 Å². The molecule has 0 aliphatic rings. The average Bonchev–Trinajstić information content (AvgIpc) is 3.03. The average molecular weight is 669 g/mol. The number of hydrogen-bond donors (Lipinski definition) is 1. The fraction of sp³-hybridized carbons (Fsp3) is 0.235. The molecule has 4 aromatic rings. The van der Waals surface area contributed by atoms with E-state index in [4.69, 9.17) is 27.9 Å². The Hall–Kier alpha value is -4.05. The van der Waals surface area contributed by atoms with E-state index in [-0.39, 0.29) is 29.3 Å². The Morgan fingerprint density at radius 2 is 1.49 bits per heavy atom. The second-order valence-corrected chi connectivity index (χ2v) is 13.0. The monoisotopic (exact) mass is 667 g/mol. The molecule has 0 saturated heterocycles. The molecule has 8 nitrogen and oxygen atoms in total. The first-order valence-electron chi connectivity index (χ1n) is 14.3. The Balaban J connectivity index is 1.85. The molecule has 4 aromatic carbocycles. The highest BCUT2D eigenvalue weighted by Gasteiger charge is 2.36. The van der Waals surface area contributed by atoms with Gasteiger partial charge in [-0.1, -0.05) is 89.4 Å². The maximum Gasteiger partial charge on any atom is 0.264 e. The van der Waals surface area contributed by atoms with Crippen LogP contribution in [0.1, 0.15) is 23.6 Å². The summed E-state index contributed by atoms with van der Waals surface area (Å²) in [5, 5.41) is 3.45. The highest BCUT2D eigenvalue weighted by molar-refractivity contribution is 7.92. The van der Waals surface area contributed by atoms with Gasteiger partial charge in [-0.25, -0.2) is 8.42 Å². The van der Waals surface area contributed by atoms with Gasteiger partial charge in [-0.2, -0.15) is 0 Å². The van der Waals surface area contributed by atoms with Gasteiger partial charge in [0.05, 0.1) is 17.7 Å². The number of sulfonamides is 1. The molecule has 11 heteroatoms. The predicted molar refractivity (Wildman–Crippen MR) is 178 cm³/mol. The number of likely N-dealkylation sites (N-methyl/N-ethyl adjacent to an activating group) is 1. The number of hydrogen-bond acceptors (Lipinski definition) is 5. The molecule has 0 spiro atoms. The van der Waals surface area contributed by atoms with Gasteiger partial charge in [0.2, 0.25) is 11.8 Å². The fourth-order valence-corrected chi connectivity index (χ4v) is 6.83. The summed E-state index contributed by atoms with van der Waals surface area (Å²) in [5.74, 6) is -0.783. The minimum atomic E-state index is -4.28. The van der Waals surface area contributed by atoms with Gasteiger partial charge in [0, 0.05) is 35.1 Å². The molecule has 236 valence electrons. The highest BCUT2D eigenvalue weighted by atomic mass is 35.5. The molecule has 4 rings (SSSR count). The van der Waals surface area contributed by atoms with Gasteiger partial charge >= 0.3 is 0 Å². The number of aryl methyl sites for hydroxylation is 1. The lowest BCUT2D eigenvalue weighted by molar-refractivity contribution is -0.140. The molecular formula is C34H35Cl2N3O5S. The molecule has 0 aliphatic carbocycles. The van der Waals surface area contributed by atoms with Gasteiger partial charge < -0.3 is 15.0 Å². The van der Waals surface area contributed by atoms with Gasteiger partial charge in [-0.15, -0.1) is 0 Å². The van der Waals surface area contributed by atoms with Crippen LogP contribution in [0, 0.1) is 6.92 Å². The van der Waals surface area contributed by atoms with E-state index in [2.05, 4.69) is 5.32 Å². The summed E-state index contributed by atoms with van der Waals surface area (Å²) in [4.78, 5) is 29.5. The predicted octanol–water partition coefficient (Wildman–Crippen LogP) is 6.28. The molecule has 45 heavy (non-hydrogen) atoms. The molecule has 0 aromatic heterocycles. The lowest BCUT2D eigenvalue weighted by atomic mass is 10.0. The van der Waals surface area contributed by atoms with E-state index in [9.17, 15) is 18.0 Å². The number of halogens is 2. The first kappa shape index (κ1) is 33.8. The van der Waals surface area contributed by atoms with E-state index in [0.717, 1.165) is 15.4 Å². The third-order valence-corrected chi connectivity index (χ3v) is 9.74. The van der Waals surface area contributed by atoms with Crippen molar-refractivity contribution in [2.45, 2.75) is 37.8 Å². The lowest BCUT2D eigenvalue weighted by Crippen LogP contribution is -2.53. The first-order valence-corrected chi connectivity index (χ1v) is 16.5. The Morgan fingerprint density at radius 3 is 2.11 bits per heavy atom. The van der Waals surface area contributed by atoms with Crippen LogP contribution in [-0.4, -0.2) is 51.4 Å². The Kier molecular flexibility index (Phi) is 11.5. The molecule has 1 N–H and O–H groups in total. The van der Waals surface area contributed by atoms with Crippen molar-refractivity contribution in [3.8, 4) is 5.75 Å². The maximum absolute atomic E-state index is 14.5. The van der Waals surface area contributed by atoms with Crippen molar-refractivity contribution in [3.63, 3.8) is 0 Å². The second kappa shape index (κ2) is 15.3. The number of rotatable bonds is 13. The summed E-state index contributed by atoms with van der Waals surface area (Å²) in [6, 6.07) is 26.1. The summed E-state index contributed by atoms with van der Waals surface area (Å²) < 4.78 is 34.9. The minimum absolute atomic E-state index is 0.00272. The first-order chi connectivity index (χ1) is 21.6. The number of anilines is 1. The minimum Gasteiger partial charge on any atom is -0.495 e. The topological polar surface area (TPSA) is 96.0 Å². The number of methoxy groups -OCH3 is 1. The Bertz CT molecular complexity index is 1710. The molecule has 1 unspecified atom stereocenters. The normalized spacial score (nSPS) is 11.8. The quantitative estimate of drug-likeness (QED) is 0.181. The zero-order chi connectivity index (χ0) is 32.6. The van der Waals surface area contributed by atoms with Crippen LogP contribution in [0.25, 0.3) is 0 Å². The number of carbonyl (C=O) groups excluding carboxylic acids is 2. The largest absolute Gasteiger partial charge is 0.495 e. The summed E-state index contributed by atoms with van der Waals surface area (Å²) in [6.45, 7) is 3.18. The lowest BCUT2D eigenvalue weighted by Gasteiger charge is -2.34. The molecule has 2 amide bonds. The molecular weight excluding hydrogens is 633 g/mol. The van der Waals surface area contributed by atoms with Crippen LogP contribution >= 0.6 is 23.2 Å². The second-order valence-electron chi connectivity index (χ2n) is 10.3. The molecule has 0 heterocycles. The zero-order valence-corrected chi connectivity index (χ0v) is 27.6. The smallest absolute Gasteiger partial charge is 0.264 e. The van der Waals surface area contributed by atoms with Crippen molar-refractivity contribution < 1.29 is 22.7 Å². The SMILES string of the molecule is CCNC(=O)C(Cc1ccccc1)N(Cc1c(Cl)cccc1Cl)C(=O)CN(c1ccccc1OC)S(=O)(=O)c1ccc(C)cc1.